The zero-order chi connectivity index (χ0) is 13.8. The molecule has 1 rings (SSSR count). The van der Waals surface area contributed by atoms with Gasteiger partial charge in [-0.05, 0) is 23.8 Å². The van der Waals surface area contributed by atoms with Crippen molar-refractivity contribution < 1.29 is 22.4 Å². The maximum Gasteiger partial charge on any atom is 0.416 e. The van der Waals surface area contributed by atoms with E-state index in [1.54, 1.807) is 0 Å². The predicted octanol–water partition coefficient (Wildman–Crippen LogP) is 4.14. The molecule has 1 aromatic carbocycles. The Morgan fingerprint density at radius 2 is 2.06 bits per heavy atom. The zero-order valence-corrected chi connectivity index (χ0v) is 10.2. The summed E-state index contributed by atoms with van der Waals surface area (Å²) >= 11 is 0.967. The average Bonchev–Trinajstić information content (AvgIpc) is 2.22. The molecule has 0 aromatic heterocycles. The molecule has 0 amide bonds. The lowest BCUT2D eigenvalue weighted by molar-refractivity contribution is -0.137. The fraction of sp³-hybridized carbons (Fsp3) is 0.250. The number of benzene rings is 1. The van der Waals surface area contributed by atoms with Crippen molar-refractivity contribution in [3.63, 3.8) is 0 Å². The van der Waals surface area contributed by atoms with Crippen LogP contribution >= 0.6 is 11.8 Å². The van der Waals surface area contributed by atoms with Crippen LogP contribution in [0.2, 0.25) is 0 Å². The Morgan fingerprint density at radius 3 is 2.61 bits per heavy atom. The molecule has 0 fully saturated rings. The molecule has 0 aliphatic heterocycles. The van der Waals surface area contributed by atoms with Crippen LogP contribution in [0.3, 0.4) is 0 Å². The summed E-state index contributed by atoms with van der Waals surface area (Å²) in [5, 5.41) is -0.130. The monoisotopic (exact) mass is 278 g/mol. The Labute approximate surface area is 106 Å². The quantitative estimate of drug-likeness (QED) is 0.773. The molecule has 98 valence electrons. The highest BCUT2D eigenvalue weighted by Crippen LogP contribution is 2.32. The van der Waals surface area contributed by atoms with Gasteiger partial charge in [0.2, 0.25) is 0 Å². The molecule has 0 bridgehead atoms. The summed E-state index contributed by atoms with van der Waals surface area (Å²) in [6.45, 7) is 1.36. The highest BCUT2D eigenvalue weighted by Gasteiger charge is 2.32. The molecule has 0 saturated carbocycles. The van der Waals surface area contributed by atoms with Crippen molar-refractivity contribution in [3.8, 4) is 0 Å². The van der Waals surface area contributed by atoms with E-state index in [0.29, 0.717) is 6.07 Å². The van der Waals surface area contributed by atoms with Crippen LogP contribution in [0.25, 0.3) is 6.08 Å². The summed E-state index contributed by atoms with van der Waals surface area (Å²) in [6.07, 6.45) is -1.96. The second-order valence-corrected chi connectivity index (χ2v) is 4.63. The first-order valence-corrected chi connectivity index (χ1v) is 5.96. The lowest BCUT2D eigenvalue weighted by Gasteiger charge is -2.10. The molecule has 0 aliphatic carbocycles. The average molecular weight is 278 g/mol. The van der Waals surface area contributed by atoms with Crippen molar-refractivity contribution in [1.29, 1.82) is 0 Å². The van der Waals surface area contributed by atoms with E-state index in [-0.39, 0.29) is 16.4 Å². The second kappa shape index (κ2) is 6.04. The van der Waals surface area contributed by atoms with Crippen LogP contribution in [0, 0.1) is 5.82 Å². The normalized spacial score (nSPS) is 12.1. The first kappa shape index (κ1) is 14.8. The van der Waals surface area contributed by atoms with Crippen LogP contribution in [0.1, 0.15) is 18.1 Å². The van der Waals surface area contributed by atoms with Gasteiger partial charge in [0.25, 0.3) is 0 Å². The van der Waals surface area contributed by atoms with Gasteiger partial charge in [0.1, 0.15) is 5.82 Å². The van der Waals surface area contributed by atoms with E-state index in [4.69, 9.17) is 0 Å². The van der Waals surface area contributed by atoms with Crippen molar-refractivity contribution in [1.82, 2.24) is 0 Å². The molecule has 1 aromatic rings. The van der Waals surface area contributed by atoms with Gasteiger partial charge in [-0.25, -0.2) is 4.39 Å². The minimum Gasteiger partial charge on any atom is -0.288 e. The molecule has 0 aliphatic rings. The van der Waals surface area contributed by atoms with Crippen LogP contribution in [0.4, 0.5) is 17.6 Å². The van der Waals surface area contributed by atoms with E-state index in [9.17, 15) is 22.4 Å². The summed E-state index contributed by atoms with van der Waals surface area (Å²) in [6, 6.07) is 2.29. The van der Waals surface area contributed by atoms with Gasteiger partial charge >= 0.3 is 6.18 Å². The first-order chi connectivity index (χ1) is 8.30. The smallest absolute Gasteiger partial charge is 0.288 e. The van der Waals surface area contributed by atoms with Gasteiger partial charge in [0.15, 0.2) is 5.12 Å². The molecule has 18 heavy (non-hydrogen) atoms. The highest BCUT2D eigenvalue weighted by molar-refractivity contribution is 8.13. The topological polar surface area (TPSA) is 17.1 Å². The Kier molecular flexibility index (Phi) is 4.95. The molecule has 0 N–H and O–H groups in total. The maximum atomic E-state index is 12.9. The van der Waals surface area contributed by atoms with Gasteiger partial charge in [-0.2, -0.15) is 13.2 Å². The van der Waals surface area contributed by atoms with Crippen molar-refractivity contribution in [2.45, 2.75) is 13.1 Å². The molecule has 0 atom stereocenters. The highest BCUT2D eigenvalue weighted by atomic mass is 32.2. The van der Waals surface area contributed by atoms with Gasteiger partial charge in [0.05, 0.1) is 5.56 Å². The fourth-order valence-electron chi connectivity index (χ4n) is 1.27. The second-order valence-electron chi connectivity index (χ2n) is 3.43. The van der Waals surface area contributed by atoms with Crippen molar-refractivity contribution in [2.24, 2.45) is 0 Å². The molecule has 0 unspecified atom stereocenters. The SMILES string of the molecule is CC(=O)SCC=Cc1cc(F)ccc1C(F)(F)F. The number of halogens is 4. The van der Waals surface area contributed by atoms with E-state index in [2.05, 4.69) is 0 Å². The predicted molar refractivity (Wildman–Crippen MR) is 63.6 cm³/mol. The van der Waals surface area contributed by atoms with E-state index < -0.39 is 17.6 Å². The minimum atomic E-state index is -4.53. The van der Waals surface area contributed by atoms with E-state index >= 15 is 0 Å². The van der Waals surface area contributed by atoms with E-state index in [0.717, 1.165) is 23.9 Å². The van der Waals surface area contributed by atoms with Gasteiger partial charge in [0, 0.05) is 12.7 Å². The molecule has 0 radical (unpaired) electrons. The summed E-state index contributed by atoms with van der Waals surface area (Å²) in [7, 11) is 0. The Morgan fingerprint density at radius 1 is 1.39 bits per heavy atom. The third kappa shape index (κ3) is 4.52. The molecule has 1 nitrogen and oxygen atoms in total. The number of hydrogen-bond donors (Lipinski definition) is 0. The number of hydrogen-bond acceptors (Lipinski definition) is 2. The summed E-state index contributed by atoms with van der Waals surface area (Å²) in [4.78, 5) is 10.6. The third-order valence-corrected chi connectivity index (χ3v) is 2.76. The molecule has 0 spiro atoms. The molecular weight excluding hydrogens is 268 g/mol. The standard InChI is InChI=1S/C12H10F4OS/c1-8(17)18-6-2-3-9-7-10(13)4-5-11(9)12(14,15)16/h2-5,7H,6H2,1H3. The number of carbonyl (C=O) groups is 1. The van der Waals surface area contributed by atoms with E-state index in [1.807, 2.05) is 0 Å². The van der Waals surface area contributed by atoms with Crippen molar-refractivity contribution >= 4 is 23.0 Å². The molecule has 0 heterocycles. The number of rotatable bonds is 3. The van der Waals surface area contributed by atoms with Crippen LogP contribution in [0.5, 0.6) is 0 Å². The maximum absolute atomic E-state index is 12.9. The Balaban J connectivity index is 2.93. The molecule has 0 saturated heterocycles. The van der Waals surface area contributed by atoms with E-state index in [1.165, 1.54) is 19.1 Å². The van der Waals surface area contributed by atoms with Gasteiger partial charge in [-0.3, -0.25) is 4.79 Å². The number of alkyl halides is 3. The fourth-order valence-corrected chi connectivity index (χ4v) is 1.70. The lowest BCUT2D eigenvalue weighted by atomic mass is 10.1. The third-order valence-electron chi connectivity index (χ3n) is 2.00. The lowest BCUT2D eigenvalue weighted by Crippen LogP contribution is -2.07. The first-order valence-electron chi connectivity index (χ1n) is 4.97. The largest absolute Gasteiger partial charge is 0.416 e. The summed E-state index contributed by atoms with van der Waals surface area (Å²) < 4.78 is 50.7. The molecular formula is C12H10F4OS. The Hall–Kier alpha value is -1.30. The minimum absolute atomic E-state index is 0.130. The number of thioether (sulfide) groups is 1. The van der Waals surface area contributed by atoms with Gasteiger partial charge in [-0.15, -0.1) is 0 Å². The molecule has 6 heteroatoms. The summed E-state index contributed by atoms with van der Waals surface area (Å²) in [5.74, 6) is -0.481. The summed E-state index contributed by atoms with van der Waals surface area (Å²) in [5.41, 5.74) is -1.14. The van der Waals surface area contributed by atoms with Crippen molar-refractivity contribution in [2.75, 3.05) is 5.75 Å². The van der Waals surface area contributed by atoms with Gasteiger partial charge in [-0.1, -0.05) is 23.9 Å². The Bertz CT molecular complexity index is 466. The van der Waals surface area contributed by atoms with Crippen LogP contribution in [0.15, 0.2) is 24.3 Å². The number of carbonyl (C=O) groups excluding carboxylic acids is 1. The van der Waals surface area contributed by atoms with Crippen LogP contribution in [-0.2, 0) is 11.0 Å². The van der Waals surface area contributed by atoms with Crippen LogP contribution < -0.4 is 0 Å². The zero-order valence-electron chi connectivity index (χ0n) is 9.42. The van der Waals surface area contributed by atoms with Crippen LogP contribution in [-0.4, -0.2) is 10.9 Å². The van der Waals surface area contributed by atoms with Crippen molar-refractivity contribution in [3.05, 3.63) is 41.2 Å². The van der Waals surface area contributed by atoms with Gasteiger partial charge < -0.3 is 0 Å².